The first-order valence-corrected chi connectivity index (χ1v) is 8.44. The van der Waals surface area contributed by atoms with Crippen LogP contribution in [0.25, 0.3) is 5.52 Å². The van der Waals surface area contributed by atoms with Crippen LogP contribution in [-0.4, -0.2) is 23.0 Å². The summed E-state index contributed by atoms with van der Waals surface area (Å²) in [7, 11) is -3.80. The van der Waals surface area contributed by atoms with Gasteiger partial charge in [-0.2, -0.15) is 5.10 Å². The van der Waals surface area contributed by atoms with Crippen LogP contribution >= 0.6 is 0 Å². The van der Waals surface area contributed by atoms with E-state index in [4.69, 9.17) is 0 Å². The van der Waals surface area contributed by atoms with Crippen LogP contribution in [0, 0.1) is 20.8 Å². The Hall–Kier alpha value is -2.61. The van der Waals surface area contributed by atoms with Crippen molar-refractivity contribution < 1.29 is 8.42 Å². The highest BCUT2D eigenvalue weighted by atomic mass is 32.2. The standard InChI is InChI=1S/C15H16N4O3S/c1-9-5-4-6-13(10(9)2)18-23(21,22)12-7-14-15(20)17-16-11(3)19(14)8-12/h4-8,18H,1-3H3,(H,17,20). The van der Waals surface area contributed by atoms with Gasteiger partial charge in [0.2, 0.25) is 0 Å². The lowest BCUT2D eigenvalue weighted by Crippen LogP contribution is -2.13. The van der Waals surface area contributed by atoms with Gasteiger partial charge in [-0.1, -0.05) is 12.1 Å². The van der Waals surface area contributed by atoms with Gasteiger partial charge in [-0.25, -0.2) is 13.5 Å². The zero-order valence-electron chi connectivity index (χ0n) is 12.9. The van der Waals surface area contributed by atoms with Crippen molar-refractivity contribution in [2.24, 2.45) is 0 Å². The number of nitrogens with zero attached hydrogens (tertiary/aromatic N) is 2. The number of rotatable bonds is 3. The molecule has 3 rings (SSSR count). The molecule has 1 aromatic carbocycles. The van der Waals surface area contributed by atoms with E-state index >= 15 is 0 Å². The molecule has 120 valence electrons. The number of anilines is 1. The monoisotopic (exact) mass is 332 g/mol. The molecule has 0 saturated carbocycles. The van der Waals surface area contributed by atoms with E-state index in [1.54, 1.807) is 19.1 Å². The molecule has 2 aromatic heterocycles. The number of hydrogen-bond donors (Lipinski definition) is 2. The summed E-state index contributed by atoms with van der Waals surface area (Å²) in [5.74, 6) is 0.493. The van der Waals surface area contributed by atoms with E-state index in [0.29, 0.717) is 11.5 Å². The average molecular weight is 332 g/mol. The van der Waals surface area contributed by atoms with Crippen LogP contribution in [0.15, 0.2) is 40.2 Å². The van der Waals surface area contributed by atoms with Gasteiger partial charge in [0.25, 0.3) is 15.6 Å². The highest BCUT2D eigenvalue weighted by Gasteiger charge is 2.19. The Morgan fingerprint density at radius 1 is 1.22 bits per heavy atom. The van der Waals surface area contributed by atoms with E-state index in [1.165, 1.54) is 16.7 Å². The van der Waals surface area contributed by atoms with Crippen LogP contribution in [0.3, 0.4) is 0 Å². The maximum atomic E-state index is 12.6. The van der Waals surface area contributed by atoms with E-state index in [-0.39, 0.29) is 10.4 Å². The highest BCUT2D eigenvalue weighted by Crippen LogP contribution is 2.22. The molecule has 23 heavy (non-hydrogen) atoms. The molecule has 2 N–H and O–H groups in total. The SMILES string of the molecule is Cc1cccc(NS(=O)(=O)c2cc3c(=O)[nH]nc(C)n3c2)c1C. The van der Waals surface area contributed by atoms with Gasteiger partial charge in [0.15, 0.2) is 0 Å². The lowest BCUT2D eigenvalue weighted by molar-refractivity contribution is 0.601. The van der Waals surface area contributed by atoms with Crippen molar-refractivity contribution in [2.75, 3.05) is 4.72 Å². The molecule has 0 aliphatic carbocycles. The van der Waals surface area contributed by atoms with Crippen molar-refractivity contribution in [2.45, 2.75) is 25.7 Å². The Morgan fingerprint density at radius 2 is 1.96 bits per heavy atom. The molecule has 0 bridgehead atoms. The first kappa shape index (κ1) is 15.3. The number of fused-ring (bicyclic) bond motifs is 1. The molecular weight excluding hydrogens is 316 g/mol. The van der Waals surface area contributed by atoms with Gasteiger partial charge in [0, 0.05) is 6.20 Å². The number of H-pyrrole nitrogens is 1. The van der Waals surface area contributed by atoms with Gasteiger partial charge in [-0.15, -0.1) is 0 Å². The van der Waals surface area contributed by atoms with Crippen LogP contribution in [0.2, 0.25) is 0 Å². The maximum absolute atomic E-state index is 12.6. The second-order valence-corrected chi connectivity index (χ2v) is 7.07. The molecule has 8 heteroatoms. The topological polar surface area (TPSA) is 96.3 Å². The third-order valence-corrected chi connectivity index (χ3v) is 5.19. The minimum Gasteiger partial charge on any atom is -0.298 e. The zero-order chi connectivity index (χ0) is 16.8. The van der Waals surface area contributed by atoms with Crippen LogP contribution in [0.1, 0.15) is 17.0 Å². The van der Waals surface area contributed by atoms with Crippen LogP contribution in [0.4, 0.5) is 5.69 Å². The predicted molar refractivity (Wildman–Crippen MR) is 87.3 cm³/mol. The Kier molecular flexibility index (Phi) is 3.48. The largest absolute Gasteiger partial charge is 0.298 e. The lowest BCUT2D eigenvalue weighted by Gasteiger charge is -2.11. The molecular formula is C15H16N4O3S. The van der Waals surface area contributed by atoms with Crippen molar-refractivity contribution in [3.05, 3.63) is 57.8 Å². The molecule has 0 unspecified atom stereocenters. The summed E-state index contributed by atoms with van der Waals surface area (Å²) in [5.41, 5.74) is 2.16. The number of hydrogen-bond acceptors (Lipinski definition) is 4. The molecule has 0 fully saturated rings. The van der Waals surface area contributed by atoms with Crippen LogP contribution in [-0.2, 0) is 10.0 Å². The molecule has 0 radical (unpaired) electrons. The molecule has 0 spiro atoms. The quantitative estimate of drug-likeness (QED) is 0.763. The minimum absolute atomic E-state index is 0.0139. The van der Waals surface area contributed by atoms with Gasteiger partial charge in [-0.3, -0.25) is 13.9 Å². The highest BCUT2D eigenvalue weighted by molar-refractivity contribution is 7.92. The second-order valence-electron chi connectivity index (χ2n) is 5.38. The molecule has 0 amide bonds. The fraction of sp³-hybridized carbons (Fsp3) is 0.200. The molecule has 7 nitrogen and oxygen atoms in total. The van der Waals surface area contributed by atoms with Crippen molar-refractivity contribution in [1.82, 2.24) is 14.6 Å². The summed E-state index contributed by atoms with van der Waals surface area (Å²) in [6.07, 6.45) is 1.39. The summed E-state index contributed by atoms with van der Waals surface area (Å²) in [5, 5.41) is 6.15. The molecule has 0 aliphatic heterocycles. The molecule has 0 saturated heterocycles. The summed E-state index contributed by atoms with van der Waals surface area (Å²) in [6.45, 7) is 5.44. The zero-order valence-corrected chi connectivity index (χ0v) is 13.7. The minimum atomic E-state index is -3.80. The fourth-order valence-electron chi connectivity index (χ4n) is 2.34. The third-order valence-electron chi connectivity index (χ3n) is 3.85. The number of nitrogens with one attached hydrogen (secondary N) is 2. The molecule has 3 aromatic rings. The maximum Gasteiger partial charge on any atom is 0.288 e. The van der Waals surface area contributed by atoms with Gasteiger partial charge in [-0.05, 0) is 44.0 Å². The summed E-state index contributed by atoms with van der Waals surface area (Å²) in [4.78, 5) is 11.8. The number of benzene rings is 1. The van der Waals surface area contributed by atoms with Gasteiger partial charge in [0.1, 0.15) is 16.2 Å². The van der Waals surface area contributed by atoms with Gasteiger partial charge in [0.05, 0.1) is 5.69 Å². The summed E-state index contributed by atoms with van der Waals surface area (Å²) >= 11 is 0. The smallest absolute Gasteiger partial charge is 0.288 e. The van der Waals surface area contributed by atoms with Crippen molar-refractivity contribution in [1.29, 1.82) is 0 Å². The summed E-state index contributed by atoms with van der Waals surface area (Å²) in [6, 6.07) is 6.74. The van der Waals surface area contributed by atoms with Gasteiger partial charge >= 0.3 is 0 Å². The first-order valence-electron chi connectivity index (χ1n) is 6.96. The number of aryl methyl sites for hydroxylation is 2. The van der Waals surface area contributed by atoms with Crippen LogP contribution < -0.4 is 10.3 Å². The second kappa shape index (κ2) is 5.24. The fourth-order valence-corrected chi connectivity index (χ4v) is 3.48. The van der Waals surface area contributed by atoms with Crippen LogP contribution in [0.5, 0.6) is 0 Å². The van der Waals surface area contributed by atoms with E-state index in [0.717, 1.165) is 11.1 Å². The van der Waals surface area contributed by atoms with Crippen molar-refractivity contribution in [3.8, 4) is 0 Å². The Morgan fingerprint density at radius 3 is 2.65 bits per heavy atom. The van der Waals surface area contributed by atoms with Gasteiger partial charge < -0.3 is 0 Å². The van der Waals surface area contributed by atoms with E-state index in [1.807, 2.05) is 19.9 Å². The Labute approximate surface area is 133 Å². The normalized spacial score (nSPS) is 11.8. The average Bonchev–Trinajstić information content (AvgIpc) is 2.95. The van der Waals surface area contributed by atoms with E-state index < -0.39 is 15.6 Å². The number of aromatic nitrogens is 3. The Balaban J connectivity index is 2.10. The van der Waals surface area contributed by atoms with Crippen molar-refractivity contribution in [3.63, 3.8) is 0 Å². The Bertz CT molecular complexity index is 1060. The lowest BCUT2D eigenvalue weighted by atomic mass is 10.1. The predicted octanol–water partition coefficient (Wildman–Crippen LogP) is 1.75. The molecule has 2 heterocycles. The van der Waals surface area contributed by atoms with E-state index in [2.05, 4.69) is 14.9 Å². The third kappa shape index (κ3) is 2.61. The van der Waals surface area contributed by atoms with Crippen molar-refractivity contribution >= 4 is 21.2 Å². The summed E-state index contributed by atoms with van der Waals surface area (Å²) < 4.78 is 29.2. The molecule has 0 atom stereocenters. The number of aromatic amines is 1. The first-order chi connectivity index (χ1) is 10.8. The van der Waals surface area contributed by atoms with E-state index in [9.17, 15) is 13.2 Å². The number of sulfonamides is 1. The molecule has 0 aliphatic rings.